The molecule has 32 heavy (non-hydrogen) atoms. The number of hydrogen-bond acceptors (Lipinski definition) is 14. The standard InChI is InChI=1S/C9H17N2O14P3S.3Na/c12-5-1-2-11(9(15)10-5)8-7(14)6(13)4(23-8)3-22-26(16,17)24-27(18,19)25-28(20,21)29;;;/h4,6-8,13-14H,1-3H2,(H,16,17)(H,18,19)(H,10,12,15)(H2,20,21,29);;;/q;3*+1/p-3. The van der Waals surface area contributed by atoms with Gasteiger partial charge in [0, 0.05) is 13.0 Å². The van der Waals surface area contributed by atoms with Gasteiger partial charge in [-0.05, 0) is 0 Å². The number of hydrogen-bond donors (Lipinski definition) is 4. The summed E-state index contributed by atoms with van der Waals surface area (Å²) in [6, 6.07) is -0.918. The van der Waals surface area contributed by atoms with Gasteiger partial charge in [0.05, 0.1) is 6.61 Å². The fourth-order valence-electron chi connectivity index (χ4n) is 2.40. The largest absolute Gasteiger partial charge is 1.00 e. The van der Waals surface area contributed by atoms with Crippen molar-refractivity contribution in [2.24, 2.45) is 0 Å². The van der Waals surface area contributed by atoms with Crippen molar-refractivity contribution in [3.05, 3.63) is 0 Å². The second-order valence-corrected chi connectivity index (χ2v) is 11.3. The maximum absolute atomic E-state index is 11.8. The van der Waals surface area contributed by atoms with E-state index in [9.17, 15) is 43.6 Å². The van der Waals surface area contributed by atoms with Crippen LogP contribution in [0.1, 0.15) is 6.42 Å². The van der Waals surface area contributed by atoms with Crippen molar-refractivity contribution in [2.75, 3.05) is 13.2 Å². The number of amides is 3. The molecule has 0 saturated carbocycles. The van der Waals surface area contributed by atoms with E-state index in [1.165, 1.54) is 0 Å². The first-order chi connectivity index (χ1) is 13.1. The van der Waals surface area contributed by atoms with E-state index in [2.05, 4.69) is 25.0 Å². The number of imide groups is 1. The molecule has 4 N–H and O–H groups in total. The van der Waals surface area contributed by atoms with E-state index < -0.39 is 65.4 Å². The molecule has 2 saturated heterocycles. The molecule has 2 heterocycles. The summed E-state index contributed by atoms with van der Waals surface area (Å²) in [5.41, 5.74) is 0. The number of aliphatic hydroxyl groups excluding tert-OH is 2. The first-order valence-corrected chi connectivity index (χ1v) is 13.0. The van der Waals surface area contributed by atoms with Crippen LogP contribution in [0, 0.1) is 0 Å². The summed E-state index contributed by atoms with van der Waals surface area (Å²) in [6.45, 7) is -6.30. The van der Waals surface area contributed by atoms with Gasteiger partial charge in [-0.2, -0.15) is 0 Å². The molecule has 2 fully saturated rings. The summed E-state index contributed by atoms with van der Waals surface area (Å²) >= 11 is 3.76. The SMILES string of the molecule is O=C1CCN(C2OC(COP(=O)([O-])OP(=O)([O-])OP([O-])(O)=S)C(O)C2O)C(=O)N1.[Na+].[Na+].[Na+]. The van der Waals surface area contributed by atoms with Crippen molar-refractivity contribution in [3.63, 3.8) is 0 Å². The van der Waals surface area contributed by atoms with Gasteiger partial charge in [-0.25, -0.2) is 9.11 Å². The number of carbonyl (C=O) groups excluding carboxylic acids is 2. The van der Waals surface area contributed by atoms with E-state index in [0.29, 0.717) is 0 Å². The maximum Gasteiger partial charge on any atom is 1.00 e. The average molecular weight is 568 g/mol. The summed E-state index contributed by atoms with van der Waals surface area (Å²) in [4.78, 5) is 66.0. The number of carbonyl (C=O) groups is 2. The minimum atomic E-state index is -5.89. The van der Waals surface area contributed by atoms with Crippen molar-refractivity contribution < 1.29 is 155 Å². The zero-order valence-electron chi connectivity index (χ0n) is 17.0. The Morgan fingerprint density at radius 2 is 1.66 bits per heavy atom. The molecule has 2 aliphatic rings. The molecular formula is C9H14N2Na3O14P3S. The molecule has 168 valence electrons. The van der Waals surface area contributed by atoms with Crippen LogP contribution >= 0.6 is 22.4 Å². The molecule has 7 unspecified atom stereocenters. The minimum absolute atomic E-state index is 0. The molecule has 23 heteroatoms. The molecule has 7 atom stereocenters. The van der Waals surface area contributed by atoms with Crippen molar-refractivity contribution in [1.82, 2.24) is 10.2 Å². The Balaban J connectivity index is 0. The Morgan fingerprint density at radius 3 is 2.16 bits per heavy atom. The van der Waals surface area contributed by atoms with Crippen LogP contribution in [0.5, 0.6) is 0 Å². The summed E-state index contributed by atoms with van der Waals surface area (Å²) in [6.07, 6.45) is -6.64. The van der Waals surface area contributed by atoms with Crippen LogP contribution in [-0.4, -0.2) is 69.6 Å². The summed E-state index contributed by atoms with van der Waals surface area (Å²) in [5, 5.41) is 21.9. The van der Waals surface area contributed by atoms with Gasteiger partial charge in [0.25, 0.3) is 15.6 Å². The number of aliphatic hydroxyl groups is 2. The van der Waals surface area contributed by atoms with Crippen LogP contribution in [0.15, 0.2) is 0 Å². The zero-order valence-corrected chi connectivity index (χ0v) is 26.5. The molecule has 3 amide bonds. The minimum Gasteiger partial charge on any atom is -0.780 e. The molecule has 16 nitrogen and oxygen atoms in total. The molecule has 0 aromatic carbocycles. The van der Waals surface area contributed by atoms with E-state index in [4.69, 9.17) is 9.63 Å². The van der Waals surface area contributed by atoms with Crippen LogP contribution in [0.2, 0.25) is 0 Å². The molecule has 2 aliphatic heterocycles. The van der Waals surface area contributed by atoms with E-state index in [0.717, 1.165) is 4.90 Å². The Kier molecular flexibility index (Phi) is 16.7. The Morgan fingerprint density at radius 1 is 1.09 bits per heavy atom. The van der Waals surface area contributed by atoms with Gasteiger partial charge in [0.15, 0.2) is 6.23 Å². The van der Waals surface area contributed by atoms with E-state index in [1.54, 1.807) is 0 Å². The third-order valence-corrected chi connectivity index (χ3v) is 7.82. The number of urea groups is 1. The van der Waals surface area contributed by atoms with Gasteiger partial charge in [0.2, 0.25) is 5.91 Å². The van der Waals surface area contributed by atoms with Crippen LogP contribution in [0.4, 0.5) is 4.79 Å². The molecule has 0 spiro atoms. The molecule has 0 aromatic rings. The third kappa shape index (κ3) is 11.4. The Labute approximate surface area is 252 Å². The average Bonchev–Trinajstić information content (AvgIpc) is 2.78. The summed E-state index contributed by atoms with van der Waals surface area (Å²) in [7, 11) is -11.6. The first-order valence-electron chi connectivity index (χ1n) is 7.45. The van der Waals surface area contributed by atoms with E-state index >= 15 is 0 Å². The van der Waals surface area contributed by atoms with Crippen molar-refractivity contribution in [1.29, 1.82) is 0 Å². The van der Waals surface area contributed by atoms with Gasteiger partial charge >= 0.3 is 94.7 Å². The van der Waals surface area contributed by atoms with Crippen LogP contribution in [0.3, 0.4) is 0 Å². The van der Waals surface area contributed by atoms with Crippen molar-refractivity contribution >= 4 is 46.1 Å². The molecular weight excluding hydrogens is 554 g/mol. The molecule has 0 radical (unpaired) electrons. The molecule has 0 aliphatic carbocycles. The smallest absolute Gasteiger partial charge is 0.780 e. The number of ether oxygens (including phenoxy) is 1. The summed E-state index contributed by atoms with van der Waals surface area (Å²) in [5.74, 6) is -0.570. The maximum atomic E-state index is 11.8. The second-order valence-electron chi connectivity index (χ2n) is 5.67. The fourth-order valence-corrected chi connectivity index (χ4v) is 6.03. The predicted molar refractivity (Wildman–Crippen MR) is 85.4 cm³/mol. The summed E-state index contributed by atoms with van der Waals surface area (Å²) < 4.78 is 39.2. The Hall–Kier alpha value is 2.65. The Bertz CT molecular complexity index is 818. The first kappa shape index (κ1) is 36.8. The number of nitrogens with one attached hydrogen (secondary N) is 1. The predicted octanol–water partition coefficient (Wildman–Crippen LogP) is -13.0. The zero-order chi connectivity index (χ0) is 22.2. The third-order valence-electron chi connectivity index (χ3n) is 3.53. The van der Waals surface area contributed by atoms with E-state index in [-0.39, 0.29) is 102 Å². The number of nitrogens with zero attached hydrogens (tertiary/aromatic N) is 1. The van der Waals surface area contributed by atoms with E-state index in [1.807, 2.05) is 5.32 Å². The van der Waals surface area contributed by atoms with Gasteiger partial charge in [0.1, 0.15) is 25.0 Å². The van der Waals surface area contributed by atoms with Gasteiger partial charge in [-0.3, -0.25) is 28.5 Å². The number of phosphoric acid groups is 2. The second kappa shape index (κ2) is 14.6. The van der Waals surface area contributed by atoms with Crippen molar-refractivity contribution in [2.45, 2.75) is 31.0 Å². The normalized spacial score (nSPS) is 31.0. The molecule has 0 bridgehead atoms. The van der Waals surface area contributed by atoms with Gasteiger partial charge in [-0.15, -0.1) is 0 Å². The monoisotopic (exact) mass is 568 g/mol. The van der Waals surface area contributed by atoms with Crippen LogP contribution in [-0.2, 0) is 43.6 Å². The van der Waals surface area contributed by atoms with Crippen molar-refractivity contribution in [3.8, 4) is 0 Å². The number of phosphoric ester groups is 1. The van der Waals surface area contributed by atoms with Gasteiger partial charge in [-0.1, -0.05) is 11.8 Å². The quantitative estimate of drug-likeness (QED) is 0.157. The van der Waals surface area contributed by atoms with Crippen LogP contribution < -0.4 is 109 Å². The topological polar surface area (TPSA) is 250 Å². The molecule has 0 aromatic heterocycles. The number of rotatable bonds is 8. The van der Waals surface area contributed by atoms with Gasteiger partial charge < -0.3 is 39.0 Å². The fraction of sp³-hybridized carbons (Fsp3) is 0.778. The molecule has 2 rings (SSSR count). The van der Waals surface area contributed by atoms with Crippen LogP contribution in [0.25, 0.3) is 0 Å².